The first kappa shape index (κ1) is 14.7. The van der Waals surface area contributed by atoms with Crippen LogP contribution in [0.15, 0.2) is 16.7 Å². The minimum absolute atomic E-state index is 0.0742. The van der Waals surface area contributed by atoms with Crippen LogP contribution < -0.4 is 10.5 Å². The monoisotopic (exact) mass is 276 g/mol. The number of esters is 1. The fourth-order valence-corrected chi connectivity index (χ4v) is 1.91. The van der Waals surface area contributed by atoms with Gasteiger partial charge in [-0.1, -0.05) is 0 Å². The highest BCUT2D eigenvalue weighted by atomic mass is 32.2. The Kier molecular flexibility index (Phi) is 5.32. The molecule has 0 aliphatic rings. The van der Waals surface area contributed by atoms with Crippen LogP contribution in [0.4, 0.5) is 0 Å². The first-order valence-electron chi connectivity index (χ1n) is 5.30. The van der Waals surface area contributed by atoms with Gasteiger partial charge in [0.2, 0.25) is 15.8 Å². The molecular formula is C10H16N2O5S. The van der Waals surface area contributed by atoms with Crippen LogP contribution in [0.5, 0.6) is 0 Å². The smallest absolute Gasteiger partial charge is 0.374 e. The van der Waals surface area contributed by atoms with Gasteiger partial charge in [0.15, 0.2) is 0 Å². The molecule has 0 bridgehead atoms. The summed E-state index contributed by atoms with van der Waals surface area (Å²) in [6, 6.07) is 1.65. The van der Waals surface area contributed by atoms with Crippen molar-refractivity contribution in [3.05, 3.63) is 23.7 Å². The Balaban J connectivity index is 2.36. The van der Waals surface area contributed by atoms with E-state index >= 15 is 0 Å². The number of nitrogens with one attached hydrogen (secondary N) is 1. The van der Waals surface area contributed by atoms with E-state index in [9.17, 15) is 13.2 Å². The van der Waals surface area contributed by atoms with E-state index in [2.05, 4.69) is 10.1 Å². The van der Waals surface area contributed by atoms with Crippen molar-refractivity contribution in [2.24, 2.45) is 5.14 Å². The third kappa shape index (κ3) is 4.86. The lowest BCUT2D eigenvalue weighted by molar-refractivity contribution is 0.0563. The minimum Gasteiger partial charge on any atom is -0.463 e. The van der Waals surface area contributed by atoms with Gasteiger partial charge in [-0.25, -0.2) is 18.4 Å². The Morgan fingerprint density at radius 2 is 2.28 bits per heavy atom. The highest BCUT2D eigenvalue weighted by Gasteiger charge is 2.15. The third-order valence-electron chi connectivity index (χ3n) is 2.22. The number of primary sulfonamides is 1. The SMILES string of the molecule is COC(=O)c1occc1CNCCCS(N)(=O)=O. The largest absolute Gasteiger partial charge is 0.463 e. The summed E-state index contributed by atoms with van der Waals surface area (Å²) in [7, 11) is -2.14. The van der Waals surface area contributed by atoms with Crippen LogP contribution in [-0.4, -0.2) is 33.8 Å². The Labute approximate surface area is 105 Å². The second-order valence-corrected chi connectivity index (χ2v) is 5.40. The number of rotatable bonds is 7. The molecule has 0 radical (unpaired) electrons. The van der Waals surface area contributed by atoms with Crippen molar-refractivity contribution in [2.75, 3.05) is 19.4 Å². The third-order valence-corrected chi connectivity index (χ3v) is 3.07. The molecule has 7 nitrogen and oxygen atoms in total. The fraction of sp³-hybridized carbons (Fsp3) is 0.500. The standard InChI is InChI=1S/C10H16N2O5S/c1-16-10(13)9-8(3-5-17-9)7-12-4-2-6-18(11,14)15/h3,5,12H,2,4,6-7H2,1H3,(H2,11,14,15). The van der Waals surface area contributed by atoms with E-state index in [1.807, 2.05) is 0 Å². The summed E-state index contributed by atoms with van der Waals surface area (Å²) in [5.74, 6) is -0.465. The van der Waals surface area contributed by atoms with Crippen LogP contribution in [0.1, 0.15) is 22.5 Å². The van der Waals surface area contributed by atoms with Crippen molar-refractivity contribution in [3.63, 3.8) is 0 Å². The summed E-state index contributed by atoms with van der Waals surface area (Å²) in [6.07, 6.45) is 1.80. The molecule has 1 heterocycles. The summed E-state index contributed by atoms with van der Waals surface area (Å²) >= 11 is 0. The Hall–Kier alpha value is -1.38. The molecule has 0 spiro atoms. The average molecular weight is 276 g/mol. The second kappa shape index (κ2) is 6.53. The van der Waals surface area contributed by atoms with Gasteiger partial charge in [0.1, 0.15) is 0 Å². The van der Waals surface area contributed by atoms with Crippen LogP contribution >= 0.6 is 0 Å². The number of carbonyl (C=O) groups excluding carboxylic acids is 1. The van der Waals surface area contributed by atoms with Gasteiger partial charge in [0.25, 0.3) is 0 Å². The lowest BCUT2D eigenvalue weighted by Crippen LogP contribution is -2.22. The predicted octanol–water partition coefficient (Wildman–Crippen LogP) is -0.166. The molecule has 1 aromatic heterocycles. The first-order valence-corrected chi connectivity index (χ1v) is 7.01. The molecule has 0 atom stereocenters. The zero-order valence-electron chi connectivity index (χ0n) is 10.0. The van der Waals surface area contributed by atoms with Crippen LogP contribution in [0.2, 0.25) is 0 Å². The Bertz CT molecular complexity index is 494. The van der Waals surface area contributed by atoms with E-state index < -0.39 is 16.0 Å². The summed E-state index contributed by atoms with van der Waals surface area (Å²) in [6.45, 7) is 0.869. The number of furan rings is 1. The Morgan fingerprint density at radius 1 is 1.56 bits per heavy atom. The van der Waals surface area contributed by atoms with Gasteiger partial charge in [-0.05, 0) is 19.0 Å². The lowest BCUT2D eigenvalue weighted by atomic mass is 10.2. The summed E-state index contributed by atoms with van der Waals surface area (Å²) in [5.41, 5.74) is 0.664. The number of methoxy groups -OCH3 is 1. The van der Waals surface area contributed by atoms with Crippen LogP contribution in [-0.2, 0) is 21.3 Å². The number of ether oxygens (including phenoxy) is 1. The zero-order valence-corrected chi connectivity index (χ0v) is 10.8. The van der Waals surface area contributed by atoms with Crippen molar-refractivity contribution < 1.29 is 22.4 Å². The van der Waals surface area contributed by atoms with Gasteiger partial charge < -0.3 is 14.5 Å². The summed E-state index contributed by atoms with van der Waals surface area (Å²) in [4.78, 5) is 11.3. The molecule has 8 heteroatoms. The molecule has 0 fully saturated rings. The van der Waals surface area contributed by atoms with E-state index in [-0.39, 0.29) is 11.5 Å². The normalized spacial score (nSPS) is 11.4. The van der Waals surface area contributed by atoms with Crippen molar-refractivity contribution in [1.29, 1.82) is 0 Å². The highest BCUT2D eigenvalue weighted by Crippen LogP contribution is 2.11. The molecule has 1 aromatic rings. The van der Waals surface area contributed by atoms with Crippen LogP contribution in [0.25, 0.3) is 0 Å². The van der Waals surface area contributed by atoms with E-state index in [0.717, 1.165) is 0 Å². The summed E-state index contributed by atoms with van der Waals surface area (Å²) in [5, 5.41) is 7.85. The fourth-order valence-electron chi connectivity index (χ4n) is 1.37. The van der Waals surface area contributed by atoms with Gasteiger partial charge >= 0.3 is 5.97 Å². The molecule has 102 valence electrons. The number of sulfonamides is 1. The molecular weight excluding hydrogens is 260 g/mol. The van der Waals surface area contributed by atoms with Gasteiger partial charge in [-0.15, -0.1) is 0 Å². The molecule has 0 saturated carbocycles. The van der Waals surface area contributed by atoms with Crippen molar-refractivity contribution >= 4 is 16.0 Å². The van der Waals surface area contributed by atoms with E-state index in [4.69, 9.17) is 9.56 Å². The van der Waals surface area contributed by atoms with Crippen LogP contribution in [0, 0.1) is 0 Å². The molecule has 0 aromatic carbocycles. The molecule has 1 rings (SSSR count). The van der Waals surface area contributed by atoms with Crippen molar-refractivity contribution in [3.8, 4) is 0 Å². The first-order chi connectivity index (χ1) is 8.44. The van der Waals surface area contributed by atoms with E-state index in [0.29, 0.717) is 25.1 Å². The quantitative estimate of drug-likeness (QED) is 0.528. The number of hydrogen-bond donors (Lipinski definition) is 2. The minimum atomic E-state index is -3.42. The number of hydrogen-bond acceptors (Lipinski definition) is 6. The maximum absolute atomic E-state index is 11.3. The molecule has 0 unspecified atom stereocenters. The molecule has 18 heavy (non-hydrogen) atoms. The second-order valence-electron chi connectivity index (χ2n) is 3.66. The zero-order chi connectivity index (χ0) is 13.6. The van der Waals surface area contributed by atoms with E-state index in [1.54, 1.807) is 6.07 Å². The Morgan fingerprint density at radius 3 is 2.89 bits per heavy atom. The summed E-state index contributed by atoms with van der Waals surface area (Å²) < 4.78 is 30.9. The van der Waals surface area contributed by atoms with Gasteiger partial charge in [0, 0.05) is 12.1 Å². The highest BCUT2D eigenvalue weighted by molar-refractivity contribution is 7.89. The number of carbonyl (C=O) groups is 1. The molecule has 0 aliphatic heterocycles. The van der Waals surface area contributed by atoms with Crippen molar-refractivity contribution in [2.45, 2.75) is 13.0 Å². The predicted molar refractivity (Wildman–Crippen MR) is 64.3 cm³/mol. The van der Waals surface area contributed by atoms with E-state index in [1.165, 1.54) is 13.4 Å². The molecule has 3 N–H and O–H groups in total. The maximum atomic E-state index is 11.3. The molecule has 0 amide bonds. The maximum Gasteiger partial charge on any atom is 0.374 e. The lowest BCUT2D eigenvalue weighted by Gasteiger charge is -2.04. The number of nitrogens with two attached hydrogens (primary N) is 1. The molecule has 0 saturated heterocycles. The van der Waals surface area contributed by atoms with Crippen LogP contribution in [0.3, 0.4) is 0 Å². The van der Waals surface area contributed by atoms with Gasteiger partial charge in [-0.3, -0.25) is 0 Å². The topological polar surface area (TPSA) is 112 Å². The molecule has 0 aliphatic carbocycles. The van der Waals surface area contributed by atoms with Gasteiger partial charge in [0.05, 0.1) is 19.1 Å². The average Bonchev–Trinajstić information content (AvgIpc) is 2.74. The van der Waals surface area contributed by atoms with Gasteiger partial charge in [-0.2, -0.15) is 0 Å². The van der Waals surface area contributed by atoms with Crippen molar-refractivity contribution in [1.82, 2.24) is 5.32 Å².